The summed E-state index contributed by atoms with van der Waals surface area (Å²) in [6, 6.07) is 20.7. The van der Waals surface area contributed by atoms with Gasteiger partial charge in [-0.25, -0.2) is 8.42 Å². The zero-order valence-corrected chi connectivity index (χ0v) is 20.6. The second-order valence-electron chi connectivity index (χ2n) is 8.07. The zero-order chi connectivity index (χ0) is 24.8. The van der Waals surface area contributed by atoms with E-state index >= 15 is 0 Å². The van der Waals surface area contributed by atoms with Gasteiger partial charge in [-0.15, -0.1) is 0 Å². The van der Waals surface area contributed by atoms with Crippen LogP contribution in [0, 0.1) is 0 Å². The number of amides is 1. The number of anilines is 2. The molecule has 1 fully saturated rings. The minimum Gasteiger partial charge on any atom is -0.497 e. The molecular formula is C26H29N3O5S. The second kappa shape index (κ2) is 10.7. The smallest absolute Gasteiger partial charge is 0.261 e. The summed E-state index contributed by atoms with van der Waals surface area (Å²) in [6.07, 6.45) is 0. The van der Waals surface area contributed by atoms with Crippen LogP contribution in [-0.4, -0.2) is 59.1 Å². The van der Waals surface area contributed by atoms with E-state index in [2.05, 4.69) is 9.62 Å². The molecule has 0 bridgehead atoms. The van der Waals surface area contributed by atoms with E-state index in [1.54, 1.807) is 48.4 Å². The fourth-order valence-electron chi connectivity index (χ4n) is 3.94. The van der Waals surface area contributed by atoms with E-state index in [0.29, 0.717) is 49.8 Å². The van der Waals surface area contributed by atoms with E-state index in [9.17, 15) is 13.2 Å². The first-order chi connectivity index (χ1) is 16.9. The van der Waals surface area contributed by atoms with Gasteiger partial charge in [0.2, 0.25) is 0 Å². The van der Waals surface area contributed by atoms with Crippen LogP contribution in [0.25, 0.3) is 0 Å². The molecule has 1 N–H and O–H groups in total. The highest BCUT2D eigenvalue weighted by atomic mass is 32.2. The lowest BCUT2D eigenvalue weighted by Gasteiger charge is -2.36. The van der Waals surface area contributed by atoms with E-state index in [1.165, 1.54) is 12.1 Å². The standard InChI is InChI=1S/C26H29N3O5S/c1-3-34-24-11-7-21(8-12-24)27-35(31,32)25-6-4-5-20(19-25)26(30)29-17-15-28(16-18-29)22-9-13-23(33-2)14-10-22/h4-14,19,27H,3,15-18H2,1-2H3. The Morgan fingerprint density at radius 3 is 2.20 bits per heavy atom. The van der Waals surface area contributed by atoms with Crippen molar-refractivity contribution in [2.24, 2.45) is 0 Å². The number of nitrogens with zero attached hydrogens (tertiary/aromatic N) is 2. The monoisotopic (exact) mass is 495 g/mol. The van der Waals surface area contributed by atoms with Gasteiger partial charge in [0.25, 0.3) is 15.9 Å². The molecule has 184 valence electrons. The fourth-order valence-corrected chi connectivity index (χ4v) is 5.04. The molecule has 0 aromatic heterocycles. The molecular weight excluding hydrogens is 466 g/mol. The Kier molecular flexibility index (Phi) is 7.45. The van der Waals surface area contributed by atoms with Crippen molar-refractivity contribution >= 4 is 27.3 Å². The maximum absolute atomic E-state index is 13.1. The van der Waals surface area contributed by atoms with Crippen molar-refractivity contribution in [3.63, 3.8) is 0 Å². The van der Waals surface area contributed by atoms with Crippen molar-refractivity contribution in [2.45, 2.75) is 11.8 Å². The van der Waals surface area contributed by atoms with E-state index in [1.807, 2.05) is 31.2 Å². The van der Waals surface area contributed by atoms with Gasteiger partial charge in [0, 0.05) is 43.1 Å². The van der Waals surface area contributed by atoms with Gasteiger partial charge in [-0.3, -0.25) is 9.52 Å². The van der Waals surface area contributed by atoms with Crippen LogP contribution in [0.15, 0.2) is 77.7 Å². The molecule has 35 heavy (non-hydrogen) atoms. The van der Waals surface area contributed by atoms with Crippen LogP contribution in [0.1, 0.15) is 17.3 Å². The quantitative estimate of drug-likeness (QED) is 0.511. The van der Waals surface area contributed by atoms with Crippen molar-refractivity contribution in [2.75, 3.05) is 49.5 Å². The molecule has 0 aliphatic carbocycles. The first-order valence-electron chi connectivity index (χ1n) is 11.4. The molecule has 1 saturated heterocycles. The maximum Gasteiger partial charge on any atom is 0.261 e. The topological polar surface area (TPSA) is 88.2 Å². The lowest BCUT2D eigenvalue weighted by Crippen LogP contribution is -2.48. The van der Waals surface area contributed by atoms with Gasteiger partial charge in [0.15, 0.2) is 0 Å². The highest BCUT2D eigenvalue weighted by molar-refractivity contribution is 7.92. The number of sulfonamides is 1. The highest BCUT2D eigenvalue weighted by Gasteiger charge is 2.24. The molecule has 9 heteroatoms. The number of hydrogen-bond acceptors (Lipinski definition) is 6. The zero-order valence-electron chi connectivity index (χ0n) is 19.8. The van der Waals surface area contributed by atoms with Crippen LogP contribution in [0.5, 0.6) is 11.5 Å². The number of rotatable bonds is 8. The van der Waals surface area contributed by atoms with Gasteiger partial charge in [0.05, 0.1) is 18.6 Å². The SMILES string of the molecule is CCOc1ccc(NS(=O)(=O)c2cccc(C(=O)N3CCN(c4ccc(OC)cc4)CC3)c2)cc1. The summed E-state index contributed by atoms with van der Waals surface area (Å²) >= 11 is 0. The summed E-state index contributed by atoms with van der Waals surface area (Å²) in [7, 11) is -2.22. The number of methoxy groups -OCH3 is 1. The van der Waals surface area contributed by atoms with Crippen molar-refractivity contribution in [3.8, 4) is 11.5 Å². The summed E-state index contributed by atoms with van der Waals surface area (Å²) in [5.74, 6) is 1.28. The molecule has 0 spiro atoms. The van der Waals surface area contributed by atoms with Crippen LogP contribution in [0.4, 0.5) is 11.4 Å². The Labute approximate surface area is 206 Å². The first kappa shape index (κ1) is 24.4. The predicted octanol–water partition coefficient (Wildman–Crippen LogP) is 3.86. The molecule has 0 radical (unpaired) electrons. The van der Waals surface area contributed by atoms with E-state index in [0.717, 1.165) is 11.4 Å². The lowest BCUT2D eigenvalue weighted by molar-refractivity contribution is 0.0746. The number of benzene rings is 3. The normalized spacial score (nSPS) is 13.9. The van der Waals surface area contributed by atoms with Crippen LogP contribution in [0.3, 0.4) is 0 Å². The molecule has 3 aromatic carbocycles. The number of nitrogens with one attached hydrogen (secondary N) is 1. The van der Waals surface area contributed by atoms with E-state index in [-0.39, 0.29) is 10.8 Å². The predicted molar refractivity (Wildman–Crippen MR) is 136 cm³/mol. The maximum atomic E-state index is 13.1. The molecule has 1 aliphatic rings. The van der Waals surface area contributed by atoms with E-state index in [4.69, 9.17) is 9.47 Å². The Morgan fingerprint density at radius 2 is 1.57 bits per heavy atom. The first-order valence-corrected chi connectivity index (χ1v) is 12.9. The van der Waals surface area contributed by atoms with Crippen LogP contribution in [-0.2, 0) is 10.0 Å². The Bertz CT molecular complexity index is 1250. The number of carbonyl (C=O) groups excluding carboxylic acids is 1. The Balaban J connectivity index is 1.41. The van der Waals surface area contributed by atoms with Gasteiger partial charge < -0.3 is 19.3 Å². The number of piperazine rings is 1. The van der Waals surface area contributed by atoms with Crippen molar-refractivity contribution < 1.29 is 22.7 Å². The number of hydrogen-bond donors (Lipinski definition) is 1. The summed E-state index contributed by atoms with van der Waals surface area (Å²) in [5, 5.41) is 0. The summed E-state index contributed by atoms with van der Waals surface area (Å²) in [5.41, 5.74) is 1.84. The van der Waals surface area contributed by atoms with Crippen LogP contribution < -0.4 is 19.1 Å². The summed E-state index contributed by atoms with van der Waals surface area (Å²) in [4.78, 5) is 17.1. The average molecular weight is 496 g/mol. The highest BCUT2D eigenvalue weighted by Crippen LogP contribution is 2.23. The second-order valence-corrected chi connectivity index (χ2v) is 9.75. The minimum absolute atomic E-state index is 0.0362. The minimum atomic E-state index is -3.86. The van der Waals surface area contributed by atoms with Gasteiger partial charge >= 0.3 is 0 Å². The van der Waals surface area contributed by atoms with E-state index < -0.39 is 10.0 Å². The molecule has 8 nitrogen and oxygen atoms in total. The average Bonchev–Trinajstić information content (AvgIpc) is 2.90. The van der Waals surface area contributed by atoms with Crippen LogP contribution in [0.2, 0.25) is 0 Å². The fraction of sp³-hybridized carbons (Fsp3) is 0.269. The molecule has 1 heterocycles. The largest absolute Gasteiger partial charge is 0.497 e. The van der Waals surface area contributed by atoms with Gasteiger partial charge in [0.1, 0.15) is 11.5 Å². The summed E-state index contributed by atoms with van der Waals surface area (Å²) in [6.45, 7) is 4.89. The molecule has 3 aromatic rings. The molecule has 0 unspecified atom stereocenters. The van der Waals surface area contributed by atoms with Gasteiger partial charge in [-0.05, 0) is 73.7 Å². The molecule has 0 saturated carbocycles. The van der Waals surface area contributed by atoms with Gasteiger partial charge in [-0.2, -0.15) is 0 Å². The van der Waals surface area contributed by atoms with Crippen molar-refractivity contribution in [1.29, 1.82) is 0 Å². The van der Waals surface area contributed by atoms with Crippen LogP contribution >= 0.6 is 0 Å². The third kappa shape index (κ3) is 5.86. The molecule has 0 atom stereocenters. The molecule has 4 rings (SSSR count). The van der Waals surface area contributed by atoms with Crippen molar-refractivity contribution in [1.82, 2.24) is 4.90 Å². The van der Waals surface area contributed by atoms with Gasteiger partial charge in [-0.1, -0.05) is 6.07 Å². The summed E-state index contributed by atoms with van der Waals surface area (Å²) < 4.78 is 39.0. The lowest BCUT2D eigenvalue weighted by atomic mass is 10.1. The number of ether oxygens (including phenoxy) is 2. The molecule has 1 aliphatic heterocycles. The third-order valence-electron chi connectivity index (χ3n) is 5.81. The van der Waals surface area contributed by atoms with Crippen molar-refractivity contribution in [3.05, 3.63) is 78.4 Å². The Hall–Kier alpha value is -3.72. The third-order valence-corrected chi connectivity index (χ3v) is 7.19. The molecule has 1 amide bonds. The number of carbonyl (C=O) groups is 1. The Morgan fingerprint density at radius 1 is 0.914 bits per heavy atom.